The fourth-order valence-corrected chi connectivity index (χ4v) is 4.24. The maximum Gasteiger partial charge on any atom is 0.280 e. The zero-order valence-electron chi connectivity index (χ0n) is 14.2. The summed E-state index contributed by atoms with van der Waals surface area (Å²) in [6.07, 6.45) is 2.21. The summed E-state index contributed by atoms with van der Waals surface area (Å²) in [5, 5.41) is 4.42. The van der Waals surface area contributed by atoms with E-state index in [-0.39, 0.29) is 17.2 Å². The van der Waals surface area contributed by atoms with E-state index in [1.807, 2.05) is 26.8 Å². The number of rotatable bonds is 6. The molecule has 0 aliphatic carbocycles. The third-order valence-electron chi connectivity index (χ3n) is 3.76. The Morgan fingerprint density at radius 3 is 2.92 bits per heavy atom. The first-order valence-corrected chi connectivity index (χ1v) is 9.76. The number of hydrogen-bond donors (Lipinski definition) is 1. The number of nitrogens with zero attached hydrogens (tertiary/aromatic N) is 3. The Balaban J connectivity index is 1.64. The van der Waals surface area contributed by atoms with Crippen molar-refractivity contribution in [2.75, 3.05) is 11.2 Å². The molecule has 3 aromatic rings. The van der Waals surface area contributed by atoms with Gasteiger partial charge in [0.15, 0.2) is 0 Å². The van der Waals surface area contributed by atoms with E-state index >= 15 is 0 Å². The first kappa shape index (κ1) is 17.7. The van der Waals surface area contributed by atoms with E-state index in [1.165, 1.54) is 29.4 Å². The van der Waals surface area contributed by atoms with Gasteiger partial charge < -0.3 is 4.52 Å². The predicted molar refractivity (Wildman–Crippen MR) is 99.8 cm³/mol. The van der Waals surface area contributed by atoms with Gasteiger partial charge in [-0.2, -0.15) is 0 Å². The molecule has 0 unspecified atom stereocenters. The van der Waals surface area contributed by atoms with Crippen LogP contribution in [-0.2, 0) is 17.0 Å². The molecule has 0 bridgehead atoms. The summed E-state index contributed by atoms with van der Waals surface area (Å²) in [4.78, 5) is 30.6. The van der Waals surface area contributed by atoms with Crippen molar-refractivity contribution < 1.29 is 9.32 Å². The van der Waals surface area contributed by atoms with Gasteiger partial charge in [-0.05, 0) is 26.3 Å². The molecule has 3 rings (SSSR count). The highest BCUT2D eigenvalue weighted by Crippen LogP contribution is 2.21. The highest BCUT2D eigenvalue weighted by molar-refractivity contribution is 7.99. The Morgan fingerprint density at radius 1 is 1.44 bits per heavy atom. The average molecular weight is 378 g/mol. The molecule has 25 heavy (non-hydrogen) atoms. The SMILES string of the molecule is CCc1cc2c(=O)n(NC(=O)CSCc3c(C)noc3C)cnc2s1. The van der Waals surface area contributed by atoms with Gasteiger partial charge in [0.1, 0.15) is 16.9 Å². The van der Waals surface area contributed by atoms with Crippen molar-refractivity contribution in [2.24, 2.45) is 0 Å². The average Bonchev–Trinajstić information content (AvgIpc) is 3.15. The van der Waals surface area contributed by atoms with Crippen molar-refractivity contribution in [2.45, 2.75) is 32.9 Å². The van der Waals surface area contributed by atoms with E-state index < -0.39 is 0 Å². The second-order valence-electron chi connectivity index (χ2n) is 5.54. The number of fused-ring (bicyclic) bond motifs is 1. The molecule has 0 saturated heterocycles. The van der Waals surface area contributed by atoms with Crippen LogP contribution in [0.5, 0.6) is 0 Å². The van der Waals surface area contributed by atoms with Gasteiger partial charge in [0.25, 0.3) is 5.56 Å². The molecular weight excluding hydrogens is 360 g/mol. The maximum absolute atomic E-state index is 12.4. The van der Waals surface area contributed by atoms with Gasteiger partial charge in [0.2, 0.25) is 5.91 Å². The smallest absolute Gasteiger partial charge is 0.280 e. The lowest BCUT2D eigenvalue weighted by Crippen LogP contribution is -2.33. The van der Waals surface area contributed by atoms with Crippen molar-refractivity contribution in [3.8, 4) is 0 Å². The molecule has 0 radical (unpaired) electrons. The van der Waals surface area contributed by atoms with Crippen LogP contribution >= 0.6 is 23.1 Å². The summed E-state index contributed by atoms with van der Waals surface area (Å²) in [6, 6.07) is 1.84. The molecule has 3 aromatic heterocycles. The van der Waals surface area contributed by atoms with Crippen LogP contribution in [0.3, 0.4) is 0 Å². The Labute approximate surface area is 152 Å². The molecule has 9 heteroatoms. The molecule has 7 nitrogen and oxygen atoms in total. The second kappa shape index (κ2) is 7.40. The third-order valence-corrected chi connectivity index (χ3v) is 5.90. The molecule has 0 fully saturated rings. The van der Waals surface area contributed by atoms with Gasteiger partial charge in [-0.15, -0.1) is 23.1 Å². The van der Waals surface area contributed by atoms with Crippen LogP contribution in [0.15, 0.2) is 21.7 Å². The largest absolute Gasteiger partial charge is 0.361 e. The van der Waals surface area contributed by atoms with E-state index in [1.54, 1.807) is 0 Å². The molecular formula is C16H18N4O3S2. The Bertz CT molecular complexity index is 954. The second-order valence-corrected chi connectivity index (χ2v) is 7.64. The zero-order chi connectivity index (χ0) is 18.0. The Morgan fingerprint density at radius 2 is 2.24 bits per heavy atom. The minimum absolute atomic E-state index is 0.221. The topological polar surface area (TPSA) is 90.0 Å². The molecule has 0 aliphatic rings. The van der Waals surface area contributed by atoms with Gasteiger partial charge in [0, 0.05) is 16.2 Å². The fourth-order valence-electron chi connectivity index (χ4n) is 2.35. The molecule has 0 aromatic carbocycles. The normalized spacial score (nSPS) is 11.2. The molecule has 0 atom stereocenters. The fraction of sp³-hybridized carbons (Fsp3) is 0.375. The van der Waals surface area contributed by atoms with Gasteiger partial charge in [-0.3, -0.25) is 15.0 Å². The standard InChI is InChI=1S/C16H18N4O3S2/c1-4-11-5-12-15(25-11)17-8-20(16(12)22)18-14(21)7-24-6-13-9(2)19-23-10(13)3/h5,8H,4,6-7H2,1-3H3,(H,18,21). The minimum Gasteiger partial charge on any atom is -0.361 e. The highest BCUT2D eigenvalue weighted by Gasteiger charge is 2.12. The van der Waals surface area contributed by atoms with Crippen LogP contribution in [0.4, 0.5) is 0 Å². The van der Waals surface area contributed by atoms with E-state index in [0.29, 0.717) is 16.0 Å². The van der Waals surface area contributed by atoms with Gasteiger partial charge in [0.05, 0.1) is 16.8 Å². The van der Waals surface area contributed by atoms with E-state index in [0.717, 1.165) is 33.0 Å². The number of thiophene rings is 1. The number of nitrogens with one attached hydrogen (secondary N) is 1. The first-order chi connectivity index (χ1) is 12.0. The lowest BCUT2D eigenvalue weighted by Gasteiger charge is -2.07. The van der Waals surface area contributed by atoms with Crippen LogP contribution in [0.2, 0.25) is 0 Å². The van der Waals surface area contributed by atoms with Gasteiger partial charge >= 0.3 is 0 Å². The summed E-state index contributed by atoms with van der Waals surface area (Å²) in [5.41, 5.74) is 4.16. The molecule has 0 aliphatic heterocycles. The van der Waals surface area contributed by atoms with Crippen molar-refractivity contribution >= 4 is 39.2 Å². The molecule has 132 valence electrons. The number of thioether (sulfide) groups is 1. The first-order valence-electron chi connectivity index (χ1n) is 7.79. The van der Waals surface area contributed by atoms with Crippen molar-refractivity contribution in [3.63, 3.8) is 0 Å². The molecule has 0 spiro atoms. The van der Waals surface area contributed by atoms with Crippen molar-refractivity contribution in [1.29, 1.82) is 0 Å². The summed E-state index contributed by atoms with van der Waals surface area (Å²) in [7, 11) is 0. The molecule has 0 saturated carbocycles. The van der Waals surface area contributed by atoms with E-state index in [2.05, 4.69) is 15.6 Å². The van der Waals surface area contributed by atoms with Crippen LogP contribution in [0.25, 0.3) is 10.2 Å². The maximum atomic E-state index is 12.4. The van der Waals surface area contributed by atoms with Crippen molar-refractivity contribution in [3.05, 3.63) is 44.6 Å². The van der Waals surface area contributed by atoms with Crippen molar-refractivity contribution in [1.82, 2.24) is 14.8 Å². The summed E-state index contributed by atoms with van der Waals surface area (Å²) < 4.78 is 6.25. The number of carbonyl (C=O) groups excluding carboxylic acids is 1. The summed E-state index contributed by atoms with van der Waals surface area (Å²) >= 11 is 2.94. The van der Waals surface area contributed by atoms with Crippen LogP contribution in [0, 0.1) is 13.8 Å². The highest BCUT2D eigenvalue weighted by atomic mass is 32.2. The van der Waals surface area contributed by atoms with Crippen LogP contribution in [0.1, 0.15) is 28.8 Å². The Hall–Kier alpha value is -2.13. The summed E-state index contributed by atoms with van der Waals surface area (Å²) in [5.74, 6) is 1.36. The van der Waals surface area contributed by atoms with E-state index in [9.17, 15) is 9.59 Å². The molecule has 3 heterocycles. The minimum atomic E-state index is -0.259. The summed E-state index contributed by atoms with van der Waals surface area (Å²) in [6.45, 7) is 5.75. The lowest BCUT2D eigenvalue weighted by atomic mass is 10.2. The monoisotopic (exact) mass is 378 g/mol. The van der Waals surface area contributed by atoms with Crippen LogP contribution < -0.4 is 11.0 Å². The molecule has 1 amide bonds. The quantitative estimate of drug-likeness (QED) is 0.709. The number of amides is 1. The predicted octanol–water partition coefficient (Wildman–Crippen LogP) is 2.63. The molecule has 1 N–H and O–H groups in total. The third kappa shape index (κ3) is 3.77. The lowest BCUT2D eigenvalue weighted by molar-refractivity contribution is -0.114. The number of carbonyl (C=O) groups is 1. The number of hydrogen-bond acceptors (Lipinski definition) is 7. The van der Waals surface area contributed by atoms with E-state index in [4.69, 9.17) is 4.52 Å². The van der Waals surface area contributed by atoms with Gasteiger partial charge in [-0.1, -0.05) is 12.1 Å². The Kier molecular flexibility index (Phi) is 5.24. The van der Waals surface area contributed by atoms with Crippen LogP contribution in [-0.4, -0.2) is 26.5 Å². The zero-order valence-corrected chi connectivity index (χ0v) is 15.8. The number of aromatic nitrogens is 3. The number of aryl methyl sites for hydroxylation is 3. The van der Waals surface area contributed by atoms with Gasteiger partial charge in [-0.25, -0.2) is 9.66 Å².